The number of piperidine rings is 1. The van der Waals surface area contributed by atoms with E-state index in [1.807, 2.05) is 31.3 Å². The monoisotopic (exact) mass is 318 g/mol. The molecule has 23 heavy (non-hydrogen) atoms. The van der Waals surface area contributed by atoms with E-state index in [0.29, 0.717) is 12.5 Å². The highest BCUT2D eigenvalue weighted by Crippen LogP contribution is 2.15. The molecule has 1 aromatic carbocycles. The van der Waals surface area contributed by atoms with Crippen LogP contribution in [0.3, 0.4) is 0 Å². The summed E-state index contributed by atoms with van der Waals surface area (Å²) in [5, 5.41) is 6.05. The number of benzene rings is 1. The first kappa shape index (κ1) is 17.1. The number of ether oxygens (including phenoxy) is 1. The second kappa shape index (κ2) is 8.41. The summed E-state index contributed by atoms with van der Waals surface area (Å²) in [5.41, 5.74) is 1.85. The van der Waals surface area contributed by atoms with Crippen LogP contribution < -0.4 is 10.6 Å². The van der Waals surface area contributed by atoms with Crippen LogP contribution in [0.5, 0.6) is 0 Å². The van der Waals surface area contributed by atoms with Crippen LogP contribution in [-0.2, 0) is 11.3 Å². The zero-order valence-electron chi connectivity index (χ0n) is 14.1. The third-order valence-electron chi connectivity index (χ3n) is 4.00. The third kappa shape index (κ3) is 5.16. The van der Waals surface area contributed by atoms with Gasteiger partial charge >= 0.3 is 6.09 Å². The van der Waals surface area contributed by atoms with E-state index in [0.717, 1.165) is 30.3 Å². The van der Waals surface area contributed by atoms with Crippen LogP contribution in [0.15, 0.2) is 29.3 Å². The summed E-state index contributed by atoms with van der Waals surface area (Å²) in [6.45, 7) is 5.11. The van der Waals surface area contributed by atoms with Crippen LogP contribution in [0.4, 0.5) is 10.5 Å². The number of rotatable bonds is 3. The molecular formula is C17H26N4O2. The number of hydrogen-bond donors (Lipinski definition) is 2. The number of methoxy groups -OCH3 is 1. The molecule has 1 atom stereocenters. The Hall–Kier alpha value is -2.24. The van der Waals surface area contributed by atoms with Gasteiger partial charge in [-0.3, -0.25) is 10.3 Å². The average Bonchev–Trinajstić information content (AvgIpc) is 2.57. The van der Waals surface area contributed by atoms with Crippen molar-refractivity contribution in [3.63, 3.8) is 0 Å². The molecule has 1 amide bonds. The van der Waals surface area contributed by atoms with Crippen molar-refractivity contribution in [2.24, 2.45) is 10.9 Å². The van der Waals surface area contributed by atoms with E-state index in [1.54, 1.807) is 0 Å². The molecule has 126 valence electrons. The van der Waals surface area contributed by atoms with Crippen LogP contribution in [0, 0.1) is 5.92 Å². The molecule has 1 aliphatic heterocycles. The van der Waals surface area contributed by atoms with Crippen molar-refractivity contribution in [1.82, 2.24) is 10.2 Å². The van der Waals surface area contributed by atoms with E-state index in [9.17, 15) is 4.79 Å². The van der Waals surface area contributed by atoms with Gasteiger partial charge in [-0.1, -0.05) is 19.1 Å². The van der Waals surface area contributed by atoms with E-state index in [-0.39, 0.29) is 0 Å². The van der Waals surface area contributed by atoms with Gasteiger partial charge in [-0.15, -0.1) is 0 Å². The highest BCUT2D eigenvalue weighted by molar-refractivity contribution is 5.84. The van der Waals surface area contributed by atoms with E-state index in [1.165, 1.54) is 20.0 Å². The molecule has 1 heterocycles. The number of guanidine groups is 1. The molecule has 0 spiro atoms. The van der Waals surface area contributed by atoms with Crippen LogP contribution >= 0.6 is 0 Å². The van der Waals surface area contributed by atoms with Gasteiger partial charge in [0.15, 0.2) is 5.96 Å². The predicted octanol–water partition coefficient (Wildman–Crippen LogP) is 2.67. The lowest BCUT2D eigenvalue weighted by Gasteiger charge is -2.33. The lowest BCUT2D eigenvalue weighted by molar-refractivity contribution is 0.187. The Morgan fingerprint density at radius 1 is 1.39 bits per heavy atom. The van der Waals surface area contributed by atoms with Crippen molar-refractivity contribution in [2.75, 3.05) is 32.6 Å². The number of aliphatic imine (C=N–C) groups is 1. The summed E-state index contributed by atoms with van der Waals surface area (Å²) in [4.78, 5) is 17.9. The molecule has 6 heteroatoms. The minimum atomic E-state index is -0.463. The fourth-order valence-electron chi connectivity index (χ4n) is 2.77. The number of carbonyl (C=O) groups excluding carboxylic acids is 1. The standard InChI is InChI=1S/C17H26N4O2/c1-13-5-4-10-21(12-13)16(18-2)19-11-14-6-8-15(9-7-14)20-17(22)23-3/h6-9,13H,4-5,10-12H2,1-3H3,(H,18,19)(H,20,22). The van der Waals surface area contributed by atoms with Gasteiger partial charge in [0.25, 0.3) is 0 Å². The molecule has 2 rings (SSSR count). The molecule has 2 N–H and O–H groups in total. The molecule has 0 aliphatic carbocycles. The SMILES string of the molecule is CN=C(NCc1ccc(NC(=O)OC)cc1)N1CCCC(C)C1. The molecule has 1 saturated heterocycles. The summed E-state index contributed by atoms with van der Waals surface area (Å²) < 4.78 is 4.57. The summed E-state index contributed by atoms with van der Waals surface area (Å²) >= 11 is 0. The first-order valence-corrected chi connectivity index (χ1v) is 8.02. The second-order valence-corrected chi connectivity index (χ2v) is 5.91. The lowest BCUT2D eigenvalue weighted by Crippen LogP contribution is -2.45. The third-order valence-corrected chi connectivity index (χ3v) is 4.00. The zero-order valence-corrected chi connectivity index (χ0v) is 14.1. The average molecular weight is 318 g/mol. The second-order valence-electron chi connectivity index (χ2n) is 5.91. The molecule has 0 aromatic heterocycles. The van der Waals surface area contributed by atoms with Crippen molar-refractivity contribution in [1.29, 1.82) is 0 Å². The quantitative estimate of drug-likeness (QED) is 0.664. The van der Waals surface area contributed by atoms with Gasteiger partial charge in [-0.2, -0.15) is 0 Å². The van der Waals surface area contributed by atoms with Gasteiger partial charge in [0.05, 0.1) is 7.11 Å². The van der Waals surface area contributed by atoms with Gasteiger partial charge in [-0.05, 0) is 36.5 Å². The number of amides is 1. The van der Waals surface area contributed by atoms with Gasteiger partial charge in [0.2, 0.25) is 0 Å². The van der Waals surface area contributed by atoms with E-state index < -0.39 is 6.09 Å². The summed E-state index contributed by atoms with van der Waals surface area (Å²) in [5.74, 6) is 1.67. The van der Waals surface area contributed by atoms with Crippen molar-refractivity contribution >= 4 is 17.7 Å². The van der Waals surface area contributed by atoms with Crippen LogP contribution in [0.2, 0.25) is 0 Å². The fourth-order valence-corrected chi connectivity index (χ4v) is 2.77. The maximum absolute atomic E-state index is 11.2. The first-order chi connectivity index (χ1) is 11.1. The van der Waals surface area contributed by atoms with Crippen molar-refractivity contribution < 1.29 is 9.53 Å². The number of hydrogen-bond acceptors (Lipinski definition) is 3. The molecular weight excluding hydrogens is 292 g/mol. The van der Waals surface area contributed by atoms with Crippen LogP contribution in [0.1, 0.15) is 25.3 Å². The number of nitrogens with zero attached hydrogens (tertiary/aromatic N) is 2. The Labute approximate surface area is 137 Å². The molecule has 0 saturated carbocycles. The number of anilines is 1. The number of nitrogens with one attached hydrogen (secondary N) is 2. The minimum absolute atomic E-state index is 0.463. The van der Waals surface area contributed by atoms with Crippen LogP contribution in [-0.4, -0.2) is 44.2 Å². The Morgan fingerprint density at radius 2 is 2.13 bits per heavy atom. The zero-order chi connectivity index (χ0) is 16.7. The molecule has 6 nitrogen and oxygen atoms in total. The van der Waals surface area contributed by atoms with Crippen molar-refractivity contribution in [3.05, 3.63) is 29.8 Å². The Morgan fingerprint density at radius 3 is 2.74 bits per heavy atom. The molecule has 1 aromatic rings. The smallest absolute Gasteiger partial charge is 0.411 e. The molecule has 0 bridgehead atoms. The molecule has 1 aliphatic rings. The normalized spacial score (nSPS) is 18.5. The molecule has 1 unspecified atom stereocenters. The van der Waals surface area contributed by atoms with Gasteiger partial charge in [0, 0.05) is 32.4 Å². The topological polar surface area (TPSA) is 66.0 Å². The first-order valence-electron chi connectivity index (χ1n) is 8.02. The summed E-state index contributed by atoms with van der Waals surface area (Å²) in [6.07, 6.45) is 2.05. The maximum atomic E-state index is 11.2. The number of likely N-dealkylation sites (tertiary alicyclic amines) is 1. The highest BCUT2D eigenvalue weighted by atomic mass is 16.5. The van der Waals surface area contributed by atoms with E-state index in [2.05, 4.69) is 32.2 Å². The van der Waals surface area contributed by atoms with Gasteiger partial charge in [-0.25, -0.2) is 4.79 Å². The number of carbonyl (C=O) groups is 1. The van der Waals surface area contributed by atoms with Gasteiger partial charge < -0.3 is 15.0 Å². The van der Waals surface area contributed by atoms with Crippen molar-refractivity contribution in [2.45, 2.75) is 26.3 Å². The van der Waals surface area contributed by atoms with Crippen LogP contribution in [0.25, 0.3) is 0 Å². The summed E-state index contributed by atoms with van der Waals surface area (Å²) in [7, 11) is 3.17. The lowest BCUT2D eigenvalue weighted by atomic mass is 10.0. The molecule has 0 radical (unpaired) electrons. The fraction of sp³-hybridized carbons (Fsp3) is 0.529. The van der Waals surface area contributed by atoms with Crippen molar-refractivity contribution in [3.8, 4) is 0 Å². The maximum Gasteiger partial charge on any atom is 0.411 e. The molecule has 1 fully saturated rings. The minimum Gasteiger partial charge on any atom is -0.453 e. The Bertz CT molecular complexity index is 542. The van der Waals surface area contributed by atoms with E-state index >= 15 is 0 Å². The van der Waals surface area contributed by atoms with E-state index in [4.69, 9.17) is 0 Å². The summed E-state index contributed by atoms with van der Waals surface area (Å²) in [6, 6.07) is 7.67. The largest absolute Gasteiger partial charge is 0.453 e. The Balaban J connectivity index is 1.87. The Kier molecular flexibility index (Phi) is 6.26. The predicted molar refractivity (Wildman–Crippen MR) is 92.6 cm³/mol. The van der Waals surface area contributed by atoms with Gasteiger partial charge in [0.1, 0.15) is 0 Å². The highest BCUT2D eigenvalue weighted by Gasteiger charge is 2.18.